The maximum Gasteiger partial charge on any atom is 0.177 e. The molecule has 0 saturated heterocycles. The van der Waals surface area contributed by atoms with Crippen molar-refractivity contribution in [3.63, 3.8) is 0 Å². The van der Waals surface area contributed by atoms with E-state index in [1.807, 2.05) is 53.4 Å². The van der Waals surface area contributed by atoms with E-state index >= 15 is 0 Å². The quantitative estimate of drug-likeness (QED) is 0.709. The molecular formula is C12H12NO+. The second-order valence-corrected chi connectivity index (χ2v) is 3.18. The first-order chi connectivity index (χ1) is 6.86. The van der Waals surface area contributed by atoms with Gasteiger partial charge in [0.15, 0.2) is 18.9 Å². The molecule has 0 radical (unpaired) electrons. The summed E-state index contributed by atoms with van der Waals surface area (Å²) in [5, 5.41) is 9.56. The number of nitrogens with zero attached hydrogens (tertiary/aromatic N) is 1. The highest BCUT2D eigenvalue weighted by molar-refractivity contribution is 5.30. The van der Waals surface area contributed by atoms with Crippen molar-refractivity contribution in [1.29, 1.82) is 0 Å². The van der Waals surface area contributed by atoms with E-state index < -0.39 is 0 Å². The van der Waals surface area contributed by atoms with Crippen LogP contribution in [0.15, 0.2) is 54.9 Å². The fraction of sp³-hybridized carbons (Fsp3) is 0.0833. The van der Waals surface area contributed by atoms with Crippen molar-refractivity contribution in [2.24, 2.45) is 0 Å². The third-order valence-electron chi connectivity index (χ3n) is 2.12. The summed E-state index contributed by atoms with van der Waals surface area (Å²) < 4.78 is 2.02. The highest BCUT2D eigenvalue weighted by Crippen LogP contribution is 2.14. The molecule has 0 amide bonds. The van der Waals surface area contributed by atoms with Gasteiger partial charge in [-0.05, 0) is 12.1 Å². The Labute approximate surface area is 83.1 Å². The zero-order valence-corrected chi connectivity index (χ0v) is 7.80. The van der Waals surface area contributed by atoms with Gasteiger partial charge in [-0.25, -0.2) is 4.57 Å². The molecule has 0 unspecified atom stereocenters. The summed E-state index contributed by atoms with van der Waals surface area (Å²) in [5.41, 5.74) is 0.934. The van der Waals surface area contributed by atoms with Gasteiger partial charge in [0.25, 0.3) is 0 Å². The van der Waals surface area contributed by atoms with Crippen molar-refractivity contribution < 1.29 is 9.67 Å². The van der Waals surface area contributed by atoms with E-state index in [0.29, 0.717) is 12.3 Å². The minimum Gasteiger partial charge on any atom is -0.507 e. The van der Waals surface area contributed by atoms with E-state index in [-0.39, 0.29) is 0 Å². The first-order valence-electron chi connectivity index (χ1n) is 4.57. The highest BCUT2D eigenvalue weighted by Gasteiger charge is 2.04. The van der Waals surface area contributed by atoms with Crippen LogP contribution in [0, 0.1) is 0 Å². The largest absolute Gasteiger partial charge is 0.507 e. The van der Waals surface area contributed by atoms with Gasteiger partial charge in [0.05, 0.1) is 5.56 Å². The van der Waals surface area contributed by atoms with Crippen LogP contribution in [0.3, 0.4) is 0 Å². The zero-order valence-electron chi connectivity index (χ0n) is 7.80. The molecule has 0 fully saturated rings. The van der Waals surface area contributed by atoms with E-state index in [4.69, 9.17) is 0 Å². The van der Waals surface area contributed by atoms with E-state index in [0.717, 1.165) is 5.56 Å². The average Bonchev–Trinajstić information content (AvgIpc) is 2.23. The summed E-state index contributed by atoms with van der Waals surface area (Å²) in [6, 6.07) is 13.3. The number of pyridine rings is 1. The Hall–Kier alpha value is -1.83. The molecule has 2 aromatic rings. The summed E-state index contributed by atoms with van der Waals surface area (Å²) in [7, 11) is 0. The van der Waals surface area contributed by atoms with E-state index in [9.17, 15) is 5.11 Å². The van der Waals surface area contributed by atoms with Crippen molar-refractivity contribution in [2.75, 3.05) is 0 Å². The Balaban J connectivity index is 2.24. The molecule has 2 heteroatoms. The monoisotopic (exact) mass is 186 g/mol. The molecule has 0 bridgehead atoms. The number of aromatic hydroxyl groups is 1. The molecule has 70 valence electrons. The van der Waals surface area contributed by atoms with Gasteiger partial charge >= 0.3 is 0 Å². The van der Waals surface area contributed by atoms with Crippen LogP contribution in [0.1, 0.15) is 5.56 Å². The number of phenols is 1. The SMILES string of the molecule is Oc1ccccc1C[n+]1ccccc1. The fourth-order valence-corrected chi connectivity index (χ4v) is 1.38. The lowest BCUT2D eigenvalue weighted by atomic mass is 10.2. The third-order valence-corrected chi connectivity index (χ3v) is 2.12. The second-order valence-electron chi connectivity index (χ2n) is 3.18. The third kappa shape index (κ3) is 1.91. The number of hydrogen-bond acceptors (Lipinski definition) is 1. The minimum absolute atomic E-state index is 0.351. The summed E-state index contributed by atoms with van der Waals surface area (Å²) in [5.74, 6) is 0.351. The lowest BCUT2D eigenvalue weighted by molar-refractivity contribution is -0.688. The van der Waals surface area contributed by atoms with E-state index in [1.54, 1.807) is 6.07 Å². The first-order valence-corrected chi connectivity index (χ1v) is 4.57. The molecule has 0 aliphatic carbocycles. The van der Waals surface area contributed by atoms with Crippen LogP contribution >= 0.6 is 0 Å². The van der Waals surface area contributed by atoms with Crippen LogP contribution in [0.25, 0.3) is 0 Å². The molecule has 2 nitrogen and oxygen atoms in total. The molecule has 14 heavy (non-hydrogen) atoms. The molecule has 1 aromatic carbocycles. The van der Waals surface area contributed by atoms with Crippen molar-refractivity contribution in [3.05, 3.63) is 60.4 Å². The van der Waals surface area contributed by atoms with Crippen LogP contribution < -0.4 is 4.57 Å². The zero-order chi connectivity index (χ0) is 9.80. The summed E-state index contributed by atoms with van der Waals surface area (Å²) >= 11 is 0. The Bertz CT molecular complexity index is 412. The van der Waals surface area contributed by atoms with Gasteiger partial charge in [0, 0.05) is 12.1 Å². The smallest absolute Gasteiger partial charge is 0.177 e. The molecule has 2 rings (SSSR count). The lowest BCUT2D eigenvalue weighted by Gasteiger charge is -1.99. The number of hydrogen-bond donors (Lipinski definition) is 1. The summed E-state index contributed by atoms with van der Waals surface area (Å²) in [6.07, 6.45) is 3.96. The standard InChI is InChI=1S/C12H11NO/c14-12-7-3-2-6-11(12)10-13-8-4-1-5-9-13/h1-9H,10H2/p+1. The van der Waals surface area contributed by atoms with Crippen LogP contribution in [0.4, 0.5) is 0 Å². The minimum atomic E-state index is 0.351. The van der Waals surface area contributed by atoms with Crippen LogP contribution in [-0.2, 0) is 6.54 Å². The maximum atomic E-state index is 9.56. The van der Waals surface area contributed by atoms with Crippen molar-refractivity contribution in [2.45, 2.75) is 6.54 Å². The number of para-hydroxylation sites is 1. The van der Waals surface area contributed by atoms with Crippen molar-refractivity contribution >= 4 is 0 Å². The Kier molecular flexibility index (Phi) is 2.45. The number of phenolic OH excluding ortho intramolecular Hbond substituents is 1. The molecule has 0 spiro atoms. The number of rotatable bonds is 2. The normalized spacial score (nSPS) is 10.0. The Morgan fingerprint density at radius 1 is 0.929 bits per heavy atom. The number of aromatic nitrogens is 1. The Morgan fingerprint density at radius 3 is 2.36 bits per heavy atom. The molecule has 0 aliphatic heterocycles. The molecule has 0 aliphatic rings. The van der Waals surface area contributed by atoms with Crippen molar-refractivity contribution in [1.82, 2.24) is 0 Å². The predicted octanol–water partition coefficient (Wildman–Crippen LogP) is 1.73. The molecule has 1 aromatic heterocycles. The van der Waals surface area contributed by atoms with Crippen LogP contribution in [0.5, 0.6) is 5.75 Å². The van der Waals surface area contributed by atoms with Crippen LogP contribution in [-0.4, -0.2) is 5.11 Å². The predicted molar refractivity (Wildman–Crippen MR) is 53.8 cm³/mol. The topological polar surface area (TPSA) is 24.1 Å². The van der Waals surface area contributed by atoms with Gasteiger partial charge in [-0.2, -0.15) is 0 Å². The molecule has 0 saturated carbocycles. The van der Waals surface area contributed by atoms with E-state index in [2.05, 4.69) is 0 Å². The van der Waals surface area contributed by atoms with Crippen molar-refractivity contribution in [3.8, 4) is 5.75 Å². The number of benzene rings is 1. The van der Waals surface area contributed by atoms with Crippen LogP contribution in [0.2, 0.25) is 0 Å². The van der Waals surface area contributed by atoms with E-state index in [1.165, 1.54) is 0 Å². The molecular weight excluding hydrogens is 174 g/mol. The Morgan fingerprint density at radius 2 is 1.64 bits per heavy atom. The van der Waals surface area contributed by atoms with Gasteiger partial charge in [-0.15, -0.1) is 0 Å². The fourth-order valence-electron chi connectivity index (χ4n) is 1.38. The van der Waals surface area contributed by atoms with Gasteiger partial charge < -0.3 is 5.11 Å². The summed E-state index contributed by atoms with van der Waals surface area (Å²) in [6.45, 7) is 0.702. The average molecular weight is 186 g/mol. The maximum absolute atomic E-state index is 9.56. The van der Waals surface area contributed by atoms with Gasteiger partial charge in [0.2, 0.25) is 0 Å². The highest BCUT2D eigenvalue weighted by atomic mass is 16.3. The van der Waals surface area contributed by atoms with Gasteiger partial charge in [0.1, 0.15) is 5.75 Å². The molecule has 1 heterocycles. The second kappa shape index (κ2) is 3.92. The van der Waals surface area contributed by atoms with Gasteiger partial charge in [-0.1, -0.05) is 18.2 Å². The summed E-state index contributed by atoms with van der Waals surface area (Å²) in [4.78, 5) is 0. The first kappa shape index (κ1) is 8.75. The molecule has 0 atom stereocenters. The lowest BCUT2D eigenvalue weighted by Crippen LogP contribution is -2.32. The molecule has 1 N–H and O–H groups in total. The van der Waals surface area contributed by atoms with Gasteiger partial charge in [-0.3, -0.25) is 0 Å².